The average Bonchev–Trinajstić information content (AvgIpc) is 2.68. The summed E-state index contributed by atoms with van der Waals surface area (Å²) < 4.78 is 0. The number of amides is 2. The van der Waals surface area contributed by atoms with E-state index in [0.717, 1.165) is 0 Å². The number of benzene rings is 1. The highest BCUT2D eigenvalue weighted by Gasteiger charge is 2.28. The maximum absolute atomic E-state index is 12.6. The smallest absolute Gasteiger partial charge is 0.326 e. The van der Waals surface area contributed by atoms with E-state index >= 15 is 0 Å². The van der Waals surface area contributed by atoms with Crippen molar-refractivity contribution in [3.63, 3.8) is 0 Å². The first-order valence-electron chi connectivity index (χ1n) is 9.16. The van der Waals surface area contributed by atoms with Gasteiger partial charge in [0.15, 0.2) is 0 Å². The van der Waals surface area contributed by atoms with Crippen LogP contribution < -0.4 is 16.4 Å². The average molecular weight is 423 g/mol. The van der Waals surface area contributed by atoms with Gasteiger partial charge < -0.3 is 31.7 Å². The Morgan fingerprint density at radius 2 is 1.33 bits per heavy atom. The molecule has 11 heteroatoms. The summed E-state index contributed by atoms with van der Waals surface area (Å²) in [6, 6.07) is 4.69. The van der Waals surface area contributed by atoms with Crippen LogP contribution in [0.25, 0.3) is 0 Å². The van der Waals surface area contributed by atoms with Gasteiger partial charge in [0, 0.05) is 19.3 Å². The lowest BCUT2D eigenvalue weighted by Crippen LogP contribution is -2.55. The van der Waals surface area contributed by atoms with E-state index in [0.29, 0.717) is 5.56 Å². The number of hydrogen-bond acceptors (Lipinski definition) is 6. The second-order valence-corrected chi connectivity index (χ2v) is 6.62. The summed E-state index contributed by atoms with van der Waals surface area (Å²) in [5, 5.41) is 31.5. The van der Waals surface area contributed by atoms with Gasteiger partial charge in [-0.05, 0) is 18.4 Å². The molecule has 0 unspecified atom stereocenters. The zero-order chi connectivity index (χ0) is 22.7. The van der Waals surface area contributed by atoms with E-state index in [2.05, 4.69) is 10.6 Å². The van der Waals surface area contributed by atoms with E-state index in [1.807, 2.05) is 0 Å². The normalized spacial score (nSPS) is 13.5. The van der Waals surface area contributed by atoms with Crippen LogP contribution in [-0.2, 0) is 30.4 Å². The molecular weight excluding hydrogens is 398 g/mol. The van der Waals surface area contributed by atoms with Gasteiger partial charge in [0.1, 0.15) is 12.1 Å². The summed E-state index contributed by atoms with van der Waals surface area (Å²) in [5.74, 6) is -5.37. The summed E-state index contributed by atoms with van der Waals surface area (Å²) in [7, 11) is 0. The molecule has 0 fully saturated rings. The fourth-order valence-corrected chi connectivity index (χ4v) is 2.55. The molecule has 0 spiro atoms. The topological polar surface area (TPSA) is 196 Å². The van der Waals surface area contributed by atoms with Crippen molar-refractivity contribution in [1.82, 2.24) is 10.6 Å². The van der Waals surface area contributed by atoms with Crippen molar-refractivity contribution < 1.29 is 39.3 Å². The minimum Gasteiger partial charge on any atom is -0.481 e. The van der Waals surface area contributed by atoms with Crippen LogP contribution in [0, 0.1) is 0 Å². The molecule has 164 valence electrons. The molecule has 0 heterocycles. The van der Waals surface area contributed by atoms with Gasteiger partial charge in [0.25, 0.3) is 0 Å². The van der Waals surface area contributed by atoms with Crippen LogP contribution in [0.5, 0.6) is 0 Å². The number of rotatable bonds is 13. The maximum atomic E-state index is 12.6. The highest BCUT2D eigenvalue weighted by molar-refractivity contribution is 5.92. The lowest BCUT2D eigenvalue weighted by molar-refractivity contribution is -0.143. The van der Waals surface area contributed by atoms with Crippen LogP contribution in [0.1, 0.15) is 31.2 Å². The van der Waals surface area contributed by atoms with Crippen molar-refractivity contribution in [2.24, 2.45) is 5.73 Å². The molecule has 1 rings (SSSR count). The highest BCUT2D eigenvalue weighted by atomic mass is 16.4. The van der Waals surface area contributed by atoms with E-state index in [9.17, 15) is 29.1 Å². The number of hydrogen-bond donors (Lipinski definition) is 6. The van der Waals surface area contributed by atoms with Crippen LogP contribution in [-0.4, -0.2) is 63.2 Å². The number of carboxylic acid groups (broad SMARTS) is 3. The minimum atomic E-state index is -1.35. The second-order valence-electron chi connectivity index (χ2n) is 6.62. The molecule has 0 aromatic heterocycles. The van der Waals surface area contributed by atoms with Crippen molar-refractivity contribution in [1.29, 1.82) is 0 Å². The third-order valence-electron chi connectivity index (χ3n) is 4.18. The third-order valence-corrected chi connectivity index (χ3v) is 4.18. The number of carbonyl (C=O) groups excluding carboxylic acids is 2. The summed E-state index contributed by atoms with van der Waals surface area (Å²) in [6.45, 7) is 0. The van der Waals surface area contributed by atoms with Gasteiger partial charge in [0.2, 0.25) is 11.8 Å². The lowest BCUT2D eigenvalue weighted by Gasteiger charge is -2.22. The second kappa shape index (κ2) is 12.2. The number of aliphatic carboxylic acids is 3. The lowest BCUT2D eigenvalue weighted by atomic mass is 10.0. The Labute approximate surface area is 172 Å². The van der Waals surface area contributed by atoms with Crippen LogP contribution in [0.3, 0.4) is 0 Å². The van der Waals surface area contributed by atoms with E-state index < -0.39 is 54.3 Å². The van der Waals surface area contributed by atoms with E-state index in [1.165, 1.54) is 0 Å². The minimum absolute atomic E-state index is 0.0143. The van der Waals surface area contributed by atoms with Crippen molar-refractivity contribution in [2.45, 2.75) is 50.2 Å². The third kappa shape index (κ3) is 9.15. The Morgan fingerprint density at radius 1 is 0.800 bits per heavy atom. The van der Waals surface area contributed by atoms with Gasteiger partial charge in [-0.25, -0.2) is 4.79 Å². The first-order chi connectivity index (χ1) is 14.1. The van der Waals surface area contributed by atoms with E-state index in [-0.39, 0.29) is 25.7 Å². The van der Waals surface area contributed by atoms with Crippen molar-refractivity contribution >= 4 is 29.7 Å². The van der Waals surface area contributed by atoms with Crippen LogP contribution >= 0.6 is 0 Å². The zero-order valence-corrected chi connectivity index (χ0v) is 16.1. The molecule has 11 nitrogen and oxygen atoms in total. The van der Waals surface area contributed by atoms with Crippen LogP contribution in [0.15, 0.2) is 30.3 Å². The van der Waals surface area contributed by atoms with Crippen molar-refractivity contribution in [3.05, 3.63) is 35.9 Å². The van der Waals surface area contributed by atoms with Gasteiger partial charge in [-0.2, -0.15) is 0 Å². The standard InChI is InChI=1S/C19H25N3O8/c20-12(6-8-15(23)24)17(27)21-13(7-9-16(25)26)18(28)22-14(19(29)30)10-11-4-2-1-3-5-11/h1-5,12-14H,6-10,20H2,(H,21,27)(H,22,28)(H,23,24)(H,25,26)(H,29,30)/t12-,13-,14-/m0/s1. The van der Waals surface area contributed by atoms with Gasteiger partial charge in [-0.3, -0.25) is 19.2 Å². The molecule has 1 aromatic carbocycles. The predicted molar refractivity (Wildman–Crippen MR) is 103 cm³/mol. The first-order valence-corrected chi connectivity index (χ1v) is 9.16. The van der Waals surface area contributed by atoms with Gasteiger partial charge in [-0.1, -0.05) is 30.3 Å². The Morgan fingerprint density at radius 3 is 1.87 bits per heavy atom. The summed E-state index contributed by atoms with van der Waals surface area (Å²) in [4.78, 5) is 57.7. The molecule has 0 bridgehead atoms. The molecule has 7 N–H and O–H groups in total. The molecule has 0 saturated heterocycles. The SMILES string of the molecule is N[C@@H](CCC(=O)O)C(=O)N[C@@H](CCC(=O)O)C(=O)N[C@@H](Cc1ccccc1)C(=O)O. The quantitative estimate of drug-likeness (QED) is 0.238. The molecule has 0 radical (unpaired) electrons. The molecule has 0 aliphatic rings. The Balaban J connectivity index is 2.84. The van der Waals surface area contributed by atoms with Crippen LogP contribution in [0.4, 0.5) is 0 Å². The summed E-state index contributed by atoms with van der Waals surface area (Å²) >= 11 is 0. The molecular formula is C19H25N3O8. The molecule has 0 aliphatic carbocycles. The summed E-state index contributed by atoms with van der Waals surface area (Å²) in [6.07, 6.45) is -1.31. The van der Waals surface area contributed by atoms with Gasteiger partial charge >= 0.3 is 17.9 Å². The molecule has 1 aromatic rings. The predicted octanol–water partition coefficient (Wildman–Crippen LogP) is -0.660. The van der Waals surface area contributed by atoms with Crippen molar-refractivity contribution in [3.8, 4) is 0 Å². The fraction of sp³-hybridized carbons (Fsp3) is 0.421. The summed E-state index contributed by atoms with van der Waals surface area (Å²) in [5.41, 5.74) is 6.26. The monoisotopic (exact) mass is 423 g/mol. The maximum Gasteiger partial charge on any atom is 0.326 e. The Hall–Kier alpha value is -3.47. The first kappa shape index (κ1) is 24.6. The molecule has 0 saturated carbocycles. The molecule has 2 amide bonds. The van der Waals surface area contributed by atoms with Gasteiger partial charge in [0.05, 0.1) is 6.04 Å². The fourth-order valence-electron chi connectivity index (χ4n) is 2.55. The number of nitrogens with two attached hydrogens (primary N) is 1. The van der Waals surface area contributed by atoms with Gasteiger partial charge in [-0.15, -0.1) is 0 Å². The number of nitrogens with one attached hydrogen (secondary N) is 2. The Kier molecular flexibility index (Phi) is 9.97. The largest absolute Gasteiger partial charge is 0.481 e. The zero-order valence-electron chi connectivity index (χ0n) is 16.1. The number of carboxylic acids is 3. The number of carbonyl (C=O) groups is 5. The molecule has 30 heavy (non-hydrogen) atoms. The van der Waals surface area contributed by atoms with Crippen LogP contribution in [0.2, 0.25) is 0 Å². The molecule has 0 aliphatic heterocycles. The van der Waals surface area contributed by atoms with E-state index in [4.69, 9.17) is 15.9 Å². The van der Waals surface area contributed by atoms with Crippen molar-refractivity contribution in [2.75, 3.05) is 0 Å². The van der Waals surface area contributed by atoms with E-state index in [1.54, 1.807) is 30.3 Å². The molecule has 3 atom stereocenters. The highest BCUT2D eigenvalue weighted by Crippen LogP contribution is 2.06. The Bertz CT molecular complexity index is 768.